The van der Waals surface area contributed by atoms with E-state index in [-0.39, 0.29) is 11.7 Å². The van der Waals surface area contributed by atoms with E-state index in [1.54, 1.807) is 12.1 Å². The van der Waals surface area contributed by atoms with Crippen LogP contribution < -0.4 is 10.6 Å². The Morgan fingerprint density at radius 3 is 2.52 bits per heavy atom. The zero-order valence-corrected chi connectivity index (χ0v) is 12.0. The Morgan fingerprint density at radius 2 is 1.95 bits per heavy atom. The van der Waals surface area contributed by atoms with Gasteiger partial charge in [-0.3, -0.25) is 4.79 Å². The molecule has 0 radical (unpaired) electrons. The van der Waals surface area contributed by atoms with Crippen LogP contribution in [0.1, 0.15) is 18.4 Å². The molecule has 1 aromatic rings. The zero-order valence-electron chi connectivity index (χ0n) is 12.0. The van der Waals surface area contributed by atoms with Crippen molar-refractivity contribution in [2.75, 3.05) is 32.8 Å². The highest BCUT2D eigenvalue weighted by Gasteiger charge is 2.41. The Balaban J connectivity index is 1.78. The number of ether oxygens (including phenoxy) is 1. The highest BCUT2D eigenvalue weighted by atomic mass is 19.1. The molecule has 2 N–H and O–H groups in total. The molecule has 0 aliphatic carbocycles. The average molecular weight is 292 g/mol. The fourth-order valence-electron chi connectivity index (χ4n) is 3.03. The molecule has 21 heavy (non-hydrogen) atoms. The fraction of sp³-hybridized carbons (Fsp3) is 0.562. The van der Waals surface area contributed by atoms with E-state index in [9.17, 15) is 9.18 Å². The van der Waals surface area contributed by atoms with Gasteiger partial charge in [0.25, 0.3) is 0 Å². The van der Waals surface area contributed by atoms with Gasteiger partial charge in [0.1, 0.15) is 5.82 Å². The number of hydrogen-bond donors (Lipinski definition) is 2. The van der Waals surface area contributed by atoms with Crippen molar-refractivity contribution in [1.29, 1.82) is 0 Å². The summed E-state index contributed by atoms with van der Waals surface area (Å²) in [5.74, 6) is 0.297. The van der Waals surface area contributed by atoms with Crippen LogP contribution in [0.15, 0.2) is 24.3 Å². The van der Waals surface area contributed by atoms with Crippen LogP contribution in [-0.4, -0.2) is 38.8 Å². The van der Waals surface area contributed by atoms with Crippen LogP contribution in [0, 0.1) is 11.7 Å². The van der Waals surface area contributed by atoms with Crippen LogP contribution >= 0.6 is 0 Å². The largest absolute Gasteiger partial charge is 0.381 e. The Bertz CT molecular complexity index is 494. The summed E-state index contributed by atoms with van der Waals surface area (Å²) >= 11 is 0. The second-order valence-electron chi connectivity index (χ2n) is 5.94. The van der Waals surface area contributed by atoms with Crippen molar-refractivity contribution in [2.24, 2.45) is 5.92 Å². The van der Waals surface area contributed by atoms with Gasteiger partial charge in [0, 0.05) is 38.8 Å². The first kappa shape index (κ1) is 14.5. The van der Waals surface area contributed by atoms with Gasteiger partial charge < -0.3 is 15.4 Å². The lowest BCUT2D eigenvalue weighted by molar-refractivity contribution is -0.130. The van der Waals surface area contributed by atoms with E-state index in [2.05, 4.69) is 10.6 Å². The molecule has 5 heteroatoms. The number of nitrogens with one attached hydrogen (secondary N) is 2. The number of benzene rings is 1. The van der Waals surface area contributed by atoms with Crippen LogP contribution in [-0.2, 0) is 14.9 Å². The van der Waals surface area contributed by atoms with Crippen molar-refractivity contribution >= 4 is 5.91 Å². The van der Waals surface area contributed by atoms with Crippen molar-refractivity contribution in [3.8, 4) is 0 Å². The minimum Gasteiger partial charge on any atom is -0.381 e. The first-order valence-corrected chi connectivity index (χ1v) is 7.53. The summed E-state index contributed by atoms with van der Waals surface area (Å²) < 4.78 is 18.6. The second kappa shape index (κ2) is 6.12. The van der Waals surface area contributed by atoms with E-state index < -0.39 is 5.41 Å². The summed E-state index contributed by atoms with van der Waals surface area (Å²) in [6.45, 7) is 3.76. The van der Waals surface area contributed by atoms with Crippen molar-refractivity contribution in [2.45, 2.75) is 18.3 Å². The molecule has 1 aromatic carbocycles. The lowest BCUT2D eigenvalue weighted by Crippen LogP contribution is -2.53. The van der Waals surface area contributed by atoms with E-state index in [1.165, 1.54) is 12.1 Å². The minimum atomic E-state index is -0.580. The summed E-state index contributed by atoms with van der Waals surface area (Å²) in [6, 6.07) is 6.31. The molecule has 0 aromatic heterocycles. The summed E-state index contributed by atoms with van der Waals surface area (Å²) in [6.07, 6.45) is 1.29. The molecule has 2 heterocycles. The number of halogens is 1. The van der Waals surface area contributed by atoms with E-state index in [4.69, 9.17) is 4.74 Å². The van der Waals surface area contributed by atoms with Gasteiger partial charge in [0.05, 0.1) is 5.41 Å². The van der Waals surface area contributed by atoms with Gasteiger partial charge in [-0.25, -0.2) is 4.39 Å². The van der Waals surface area contributed by atoms with E-state index in [1.807, 2.05) is 0 Å². The predicted molar refractivity (Wildman–Crippen MR) is 77.5 cm³/mol. The van der Waals surface area contributed by atoms with Crippen molar-refractivity contribution in [3.63, 3.8) is 0 Å². The van der Waals surface area contributed by atoms with E-state index >= 15 is 0 Å². The zero-order chi connectivity index (χ0) is 14.7. The summed E-state index contributed by atoms with van der Waals surface area (Å²) in [7, 11) is 0. The fourth-order valence-corrected chi connectivity index (χ4v) is 3.03. The summed E-state index contributed by atoms with van der Waals surface area (Å²) in [5.41, 5.74) is 0.305. The number of carbonyl (C=O) groups is 1. The molecule has 0 spiro atoms. The molecule has 0 saturated carbocycles. The molecule has 1 amide bonds. The minimum absolute atomic E-state index is 0.0457. The molecular weight excluding hydrogens is 271 g/mol. The summed E-state index contributed by atoms with van der Waals surface area (Å²) in [5, 5.41) is 6.28. The molecule has 2 aliphatic heterocycles. The Kier molecular flexibility index (Phi) is 4.22. The van der Waals surface area contributed by atoms with Crippen LogP contribution in [0.5, 0.6) is 0 Å². The molecule has 3 rings (SSSR count). The van der Waals surface area contributed by atoms with Crippen molar-refractivity contribution in [3.05, 3.63) is 35.6 Å². The van der Waals surface area contributed by atoms with Crippen LogP contribution in [0.3, 0.4) is 0 Å². The third-order valence-electron chi connectivity index (χ3n) is 4.60. The third kappa shape index (κ3) is 2.94. The summed E-state index contributed by atoms with van der Waals surface area (Å²) in [4.78, 5) is 12.8. The normalized spacial score (nSPS) is 21.6. The third-order valence-corrected chi connectivity index (χ3v) is 4.60. The maximum atomic E-state index is 13.2. The molecule has 2 saturated heterocycles. The first-order valence-electron chi connectivity index (χ1n) is 7.53. The Hall–Kier alpha value is -1.46. The van der Waals surface area contributed by atoms with E-state index in [0.29, 0.717) is 38.5 Å². The van der Waals surface area contributed by atoms with Crippen LogP contribution in [0.25, 0.3) is 0 Å². The predicted octanol–water partition coefficient (Wildman–Crippen LogP) is 1.21. The number of hydrogen-bond acceptors (Lipinski definition) is 3. The molecule has 2 fully saturated rings. The number of amides is 1. The van der Waals surface area contributed by atoms with E-state index in [0.717, 1.165) is 18.7 Å². The topological polar surface area (TPSA) is 50.4 Å². The molecule has 0 unspecified atom stereocenters. The van der Waals surface area contributed by atoms with Gasteiger partial charge in [0.2, 0.25) is 5.91 Å². The maximum Gasteiger partial charge on any atom is 0.230 e. The molecule has 0 bridgehead atoms. The second-order valence-corrected chi connectivity index (χ2v) is 5.94. The smallest absolute Gasteiger partial charge is 0.230 e. The van der Waals surface area contributed by atoms with Gasteiger partial charge in [0.15, 0.2) is 0 Å². The van der Waals surface area contributed by atoms with Crippen LogP contribution in [0.2, 0.25) is 0 Å². The highest BCUT2D eigenvalue weighted by molar-refractivity contribution is 5.88. The molecule has 114 valence electrons. The lowest BCUT2D eigenvalue weighted by Gasteiger charge is -2.37. The average Bonchev–Trinajstić information content (AvgIpc) is 2.47. The van der Waals surface area contributed by atoms with Gasteiger partial charge in [-0.2, -0.15) is 0 Å². The maximum absolute atomic E-state index is 13.2. The number of carbonyl (C=O) groups excluding carboxylic acids is 1. The standard InChI is InChI=1S/C16H21FN2O2/c17-14-3-1-13(2-4-14)16(5-7-21-8-6-16)15(20)19-11-12-9-18-10-12/h1-4,12,18H,5-11H2,(H,19,20). The molecule has 4 nitrogen and oxygen atoms in total. The van der Waals surface area contributed by atoms with Crippen LogP contribution in [0.4, 0.5) is 4.39 Å². The lowest BCUT2D eigenvalue weighted by atomic mass is 9.73. The molecule has 0 atom stereocenters. The molecule has 2 aliphatic rings. The van der Waals surface area contributed by atoms with Crippen molar-refractivity contribution in [1.82, 2.24) is 10.6 Å². The monoisotopic (exact) mass is 292 g/mol. The quantitative estimate of drug-likeness (QED) is 0.877. The number of rotatable bonds is 4. The van der Waals surface area contributed by atoms with Gasteiger partial charge >= 0.3 is 0 Å². The Morgan fingerprint density at radius 1 is 1.29 bits per heavy atom. The van der Waals surface area contributed by atoms with Gasteiger partial charge in [-0.05, 0) is 30.5 Å². The molecular formula is C16H21FN2O2. The first-order chi connectivity index (χ1) is 10.2. The SMILES string of the molecule is O=C(NCC1CNC1)C1(c2ccc(F)cc2)CCOCC1. The Labute approximate surface area is 124 Å². The van der Waals surface area contributed by atoms with Crippen molar-refractivity contribution < 1.29 is 13.9 Å². The van der Waals surface area contributed by atoms with Gasteiger partial charge in [-0.15, -0.1) is 0 Å². The van der Waals surface area contributed by atoms with Gasteiger partial charge in [-0.1, -0.05) is 12.1 Å². The highest BCUT2D eigenvalue weighted by Crippen LogP contribution is 2.35.